The number of hydrogen-bond donors (Lipinski definition) is 3. The molecule has 0 radical (unpaired) electrons. The predicted octanol–water partition coefficient (Wildman–Crippen LogP) is 1.21. The molecule has 0 heterocycles. The Hall–Kier alpha value is -1.30. The molecule has 20 heavy (non-hydrogen) atoms. The lowest BCUT2D eigenvalue weighted by atomic mass is 9.84. The Bertz CT molecular complexity index is 361. The van der Waals surface area contributed by atoms with Crippen molar-refractivity contribution >= 4 is 12.0 Å². The van der Waals surface area contributed by atoms with Gasteiger partial charge >= 0.3 is 12.0 Å². The van der Waals surface area contributed by atoms with Gasteiger partial charge in [0.25, 0.3) is 0 Å². The number of ether oxygens (including phenoxy) is 1. The van der Waals surface area contributed by atoms with Crippen molar-refractivity contribution in [2.24, 2.45) is 17.8 Å². The molecule has 4 unspecified atom stereocenters. The van der Waals surface area contributed by atoms with Crippen LogP contribution in [-0.2, 0) is 9.53 Å². The third-order valence-corrected chi connectivity index (χ3v) is 4.56. The van der Waals surface area contributed by atoms with Crippen LogP contribution in [0.15, 0.2) is 0 Å². The van der Waals surface area contributed by atoms with Gasteiger partial charge < -0.3 is 20.5 Å². The SMILES string of the molecule is COCCCCNC(=O)NC1C2CCC(C2)C1C(=O)O. The Balaban J connectivity index is 1.74. The van der Waals surface area contributed by atoms with Crippen molar-refractivity contribution in [2.75, 3.05) is 20.3 Å². The van der Waals surface area contributed by atoms with E-state index in [2.05, 4.69) is 10.6 Å². The fraction of sp³-hybridized carbons (Fsp3) is 0.857. The van der Waals surface area contributed by atoms with Crippen LogP contribution in [-0.4, -0.2) is 43.4 Å². The normalized spacial score (nSPS) is 31.2. The molecule has 2 rings (SSSR count). The van der Waals surface area contributed by atoms with Gasteiger partial charge in [0, 0.05) is 26.3 Å². The first kappa shape index (κ1) is 15.1. The maximum absolute atomic E-state index is 11.8. The Morgan fingerprint density at radius 3 is 2.70 bits per heavy atom. The molecule has 0 aromatic carbocycles. The Labute approximate surface area is 119 Å². The first-order valence-corrected chi connectivity index (χ1v) is 7.39. The highest BCUT2D eigenvalue weighted by Gasteiger charge is 2.51. The number of carbonyl (C=O) groups is 2. The van der Waals surface area contributed by atoms with Gasteiger partial charge in [0.05, 0.1) is 5.92 Å². The number of methoxy groups -OCH3 is 1. The van der Waals surface area contributed by atoms with E-state index in [9.17, 15) is 14.7 Å². The first-order chi connectivity index (χ1) is 9.63. The third kappa shape index (κ3) is 3.42. The summed E-state index contributed by atoms with van der Waals surface area (Å²) in [7, 11) is 1.65. The molecular formula is C14H24N2O4. The number of aliphatic carboxylic acids is 1. The molecule has 0 saturated heterocycles. The predicted molar refractivity (Wildman–Crippen MR) is 73.4 cm³/mol. The van der Waals surface area contributed by atoms with E-state index < -0.39 is 11.9 Å². The highest BCUT2D eigenvalue weighted by Crippen LogP contribution is 2.48. The van der Waals surface area contributed by atoms with Crippen molar-refractivity contribution in [2.45, 2.75) is 38.1 Å². The zero-order valence-electron chi connectivity index (χ0n) is 11.9. The molecule has 3 N–H and O–H groups in total. The van der Waals surface area contributed by atoms with Gasteiger partial charge in [-0.2, -0.15) is 0 Å². The minimum atomic E-state index is -0.775. The molecule has 0 aromatic rings. The smallest absolute Gasteiger partial charge is 0.315 e. The summed E-state index contributed by atoms with van der Waals surface area (Å²) >= 11 is 0. The van der Waals surface area contributed by atoms with Crippen molar-refractivity contribution in [1.29, 1.82) is 0 Å². The van der Waals surface area contributed by atoms with Crippen molar-refractivity contribution in [3.63, 3.8) is 0 Å². The summed E-state index contributed by atoms with van der Waals surface area (Å²) < 4.78 is 4.94. The van der Waals surface area contributed by atoms with Crippen molar-refractivity contribution in [3.8, 4) is 0 Å². The van der Waals surface area contributed by atoms with Crippen LogP contribution in [0, 0.1) is 17.8 Å². The van der Waals surface area contributed by atoms with E-state index in [0.717, 1.165) is 32.1 Å². The highest BCUT2D eigenvalue weighted by atomic mass is 16.5. The van der Waals surface area contributed by atoms with Gasteiger partial charge in [-0.05, 0) is 43.9 Å². The molecule has 6 heteroatoms. The number of amides is 2. The van der Waals surface area contributed by atoms with E-state index in [1.54, 1.807) is 7.11 Å². The van der Waals surface area contributed by atoms with Crippen LogP contribution in [0.25, 0.3) is 0 Å². The van der Waals surface area contributed by atoms with Crippen LogP contribution in [0.4, 0.5) is 4.79 Å². The number of urea groups is 1. The van der Waals surface area contributed by atoms with Crippen LogP contribution in [0.5, 0.6) is 0 Å². The van der Waals surface area contributed by atoms with Crippen LogP contribution in [0.1, 0.15) is 32.1 Å². The van der Waals surface area contributed by atoms with E-state index >= 15 is 0 Å². The summed E-state index contributed by atoms with van der Waals surface area (Å²) in [5, 5.41) is 15.0. The van der Waals surface area contributed by atoms with Gasteiger partial charge in [-0.25, -0.2) is 4.79 Å². The monoisotopic (exact) mass is 284 g/mol. The minimum absolute atomic E-state index is 0.203. The molecule has 114 valence electrons. The molecule has 6 nitrogen and oxygen atoms in total. The Morgan fingerprint density at radius 1 is 1.25 bits per heavy atom. The summed E-state index contributed by atoms with van der Waals surface area (Å²) in [6.45, 7) is 1.28. The van der Waals surface area contributed by atoms with E-state index in [0.29, 0.717) is 19.1 Å². The average Bonchev–Trinajstić information content (AvgIpc) is 2.99. The van der Waals surface area contributed by atoms with Crippen molar-refractivity contribution in [3.05, 3.63) is 0 Å². The zero-order valence-corrected chi connectivity index (χ0v) is 11.9. The average molecular weight is 284 g/mol. The quantitative estimate of drug-likeness (QED) is 0.613. The third-order valence-electron chi connectivity index (χ3n) is 4.56. The molecule has 0 spiro atoms. The van der Waals surface area contributed by atoms with E-state index in [4.69, 9.17) is 4.74 Å². The topological polar surface area (TPSA) is 87.7 Å². The molecule has 2 saturated carbocycles. The minimum Gasteiger partial charge on any atom is -0.481 e. The number of rotatable bonds is 7. The summed E-state index contributed by atoms with van der Waals surface area (Å²) in [5.74, 6) is -0.611. The fourth-order valence-electron chi connectivity index (χ4n) is 3.63. The fourth-order valence-corrected chi connectivity index (χ4v) is 3.63. The lowest BCUT2D eigenvalue weighted by Gasteiger charge is -2.28. The zero-order chi connectivity index (χ0) is 14.5. The summed E-state index contributed by atoms with van der Waals surface area (Å²) in [6.07, 6.45) is 4.73. The number of carbonyl (C=O) groups excluding carboxylic acids is 1. The van der Waals surface area contributed by atoms with Crippen molar-refractivity contribution < 1.29 is 19.4 Å². The number of carboxylic acid groups (broad SMARTS) is 1. The van der Waals surface area contributed by atoms with Crippen LogP contribution in [0.3, 0.4) is 0 Å². The number of unbranched alkanes of at least 4 members (excludes halogenated alkanes) is 1. The van der Waals surface area contributed by atoms with Gasteiger partial charge in [0.1, 0.15) is 0 Å². The molecule has 2 fully saturated rings. The summed E-state index contributed by atoms with van der Waals surface area (Å²) in [5.41, 5.74) is 0. The summed E-state index contributed by atoms with van der Waals surface area (Å²) in [6, 6.07) is -0.448. The van der Waals surface area contributed by atoms with Crippen LogP contribution >= 0.6 is 0 Å². The van der Waals surface area contributed by atoms with Gasteiger partial charge in [-0.1, -0.05) is 0 Å². The second-order valence-corrected chi connectivity index (χ2v) is 5.82. The van der Waals surface area contributed by atoms with E-state index in [1.807, 2.05) is 0 Å². The number of nitrogens with one attached hydrogen (secondary N) is 2. The van der Waals surface area contributed by atoms with E-state index in [-0.39, 0.29) is 18.0 Å². The summed E-state index contributed by atoms with van der Waals surface area (Å²) in [4.78, 5) is 23.2. The van der Waals surface area contributed by atoms with Gasteiger partial charge in [0.2, 0.25) is 0 Å². The second-order valence-electron chi connectivity index (χ2n) is 5.82. The maximum atomic E-state index is 11.8. The first-order valence-electron chi connectivity index (χ1n) is 7.39. The number of fused-ring (bicyclic) bond motifs is 2. The molecule has 2 amide bonds. The van der Waals surface area contributed by atoms with Crippen LogP contribution < -0.4 is 10.6 Å². The van der Waals surface area contributed by atoms with Gasteiger partial charge in [-0.3, -0.25) is 4.79 Å². The van der Waals surface area contributed by atoms with Gasteiger partial charge in [0.15, 0.2) is 0 Å². The standard InChI is InChI=1S/C14H24N2O4/c1-20-7-3-2-6-15-14(19)16-12-10-5-4-9(8-10)11(12)13(17)18/h9-12H,2-8H2,1H3,(H,17,18)(H2,15,16,19). The molecule has 4 atom stereocenters. The van der Waals surface area contributed by atoms with Crippen molar-refractivity contribution in [1.82, 2.24) is 10.6 Å². The number of carboxylic acids is 1. The molecule has 0 aromatic heterocycles. The Kier molecular flexibility index (Phi) is 5.23. The molecule has 2 bridgehead atoms. The largest absolute Gasteiger partial charge is 0.481 e. The molecule has 0 aliphatic heterocycles. The highest BCUT2D eigenvalue weighted by molar-refractivity contribution is 5.77. The number of hydrogen-bond acceptors (Lipinski definition) is 3. The molecule has 2 aliphatic rings. The Morgan fingerprint density at radius 2 is 2.00 bits per heavy atom. The lowest BCUT2D eigenvalue weighted by Crippen LogP contribution is -2.50. The maximum Gasteiger partial charge on any atom is 0.315 e. The molecule has 2 aliphatic carbocycles. The van der Waals surface area contributed by atoms with E-state index in [1.165, 1.54) is 0 Å². The molecular weight excluding hydrogens is 260 g/mol. The van der Waals surface area contributed by atoms with Gasteiger partial charge in [-0.15, -0.1) is 0 Å². The second kappa shape index (κ2) is 6.92. The lowest BCUT2D eigenvalue weighted by molar-refractivity contribution is -0.144. The van der Waals surface area contributed by atoms with Crippen LogP contribution in [0.2, 0.25) is 0 Å².